The lowest BCUT2D eigenvalue weighted by atomic mass is 9.85. The lowest BCUT2D eigenvalue weighted by Gasteiger charge is -2.42. The molecule has 26 heavy (non-hydrogen) atoms. The highest BCUT2D eigenvalue weighted by molar-refractivity contribution is 7.92. The van der Waals surface area contributed by atoms with Crippen molar-refractivity contribution in [3.63, 3.8) is 0 Å². The fraction of sp³-hybridized carbons (Fsp3) is 0.500. The minimum absolute atomic E-state index is 0.0414. The smallest absolute Gasteiger partial charge is 0.317 e. The summed E-state index contributed by atoms with van der Waals surface area (Å²) >= 11 is 0. The normalized spacial score (nSPS) is 19.7. The van der Waals surface area contributed by atoms with Gasteiger partial charge in [-0.1, -0.05) is 6.92 Å². The number of carbonyl (C=O) groups excluding carboxylic acids is 1. The van der Waals surface area contributed by atoms with Gasteiger partial charge < -0.3 is 10.4 Å². The molecular weight excluding hydrogens is 365 g/mol. The maximum absolute atomic E-state index is 13.7. The number of nitrogens with one attached hydrogen (secondary N) is 2. The van der Waals surface area contributed by atoms with Gasteiger partial charge in [-0.25, -0.2) is 12.8 Å². The van der Waals surface area contributed by atoms with Crippen molar-refractivity contribution in [2.75, 3.05) is 24.1 Å². The van der Waals surface area contributed by atoms with E-state index in [4.69, 9.17) is 5.11 Å². The third-order valence-corrected chi connectivity index (χ3v) is 4.82. The van der Waals surface area contributed by atoms with Gasteiger partial charge in [-0.15, -0.1) is 0 Å². The van der Waals surface area contributed by atoms with Crippen molar-refractivity contribution >= 4 is 27.6 Å². The van der Waals surface area contributed by atoms with Gasteiger partial charge in [-0.2, -0.15) is 0 Å². The molecule has 0 bridgehead atoms. The second-order valence-electron chi connectivity index (χ2n) is 6.32. The molecule has 1 amide bonds. The van der Waals surface area contributed by atoms with Crippen LogP contribution in [0.2, 0.25) is 0 Å². The van der Waals surface area contributed by atoms with Crippen LogP contribution in [0.25, 0.3) is 0 Å². The average molecular weight is 387 g/mol. The Labute approximate surface area is 151 Å². The van der Waals surface area contributed by atoms with Gasteiger partial charge in [0.25, 0.3) is 5.91 Å². The number of sulfonamides is 1. The zero-order valence-electron chi connectivity index (χ0n) is 14.5. The van der Waals surface area contributed by atoms with Gasteiger partial charge in [-0.3, -0.25) is 19.2 Å². The van der Waals surface area contributed by atoms with Crippen molar-refractivity contribution in [1.82, 2.24) is 10.2 Å². The average Bonchev–Trinajstić information content (AvgIpc) is 2.48. The molecule has 10 heteroatoms. The van der Waals surface area contributed by atoms with Crippen molar-refractivity contribution in [2.45, 2.75) is 31.8 Å². The summed E-state index contributed by atoms with van der Waals surface area (Å²) in [4.78, 5) is 24.9. The molecule has 1 aliphatic rings. The SMILES string of the molecule is CCN(CC(=O)O)C1CC(NC(=O)c2ccc(F)c(NS(C)(=O)=O)c2)C1. The lowest BCUT2D eigenvalue weighted by Crippen LogP contribution is -2.54. The number of hydrogen-bond acceptors (Lipinski definition) is 5. The van der Waals surface area contributed by atoms with Gasteiger partial charge in [0, 0.05) is 17.6 Å². The van der Waals surface area contributed by atoms with Crippen molar-refractivity contribution in [3.05, 3.63) is 29.6 Å². The number of hydrogen-bond donors (Lipinski definition) is 3. The predicted molar refractivity (Wildman–Crippen MR) is 94.0 cm³/mol. The van der Waals surface area contributed by atoms with Crippen LogP contribution in [0.3, 0.4) is 0 Å². The summed E-state index contributed by atoms with van der Waals surface area (Å²) in [7, 11) is -3.66. The van der Waals surface area contributed by atoms with Crippen molar-refractivity contribution in [3.8, 4) is 0 Å². The van der Waals surface area contributed by atoms with Crippen LogP contribution in [0.4, 0.5) is 10.1 Å². The van der Waals surface area contributed by atoms with E-state index in [-0.39, 0.29) is 29.9 Å². The van der Waals surface area contributed by atoms with E-state index in [9.17, 15) is 22.4 Å². The molecule has 1 fully saturated rings. The Morgan fingerprint density at radius 3 is 2.54 bits per heavy atom. The molecule has 0 aliphatic heterocycles. The first-order valence-corrected chi connectivity index (χ1v) is 10.0. The number of amides is 1. The van der Waals surface area contributed by atoms with Crippen LogP contribution in [0.1, 0.15) is 30.1 Å². The summed E-state index contributed by atoms with van der Waals surface area (Å²) in [5.74, 6) is -2.11. The summed E-state index contributed by atoms with van der Waals surface area (Å²) in [5.41, 5.74) is -0.149. The van der Waals surface area contributed by atoms with E-state index in [1.54, 1.807) is 0 Å². The maximum atomic E-state index is 13.7. The molecular formula is C16H22FN3O5S. The highest BCUT2D eigenvalue weighted by atomic mass is 32.2. The molecule has 144 valence electrons. The molecule has 3 N–H and O–H groups in total. The van der Waals surface area contributed by atoms with Crippen LogP contribution in [-0.2, 0) is 14.8 Å². The van der Waals surface area contributed by atoms with E-state index in [1.165, 1.54) is 6.07 Å². The topological polar surface area (TPSA) is 116 Å². The van der Waals surface area contributed by atoms with Crippen molar-refractivity contribution in [2.24, 2.45) is 0 Å². The second-order valence-corrected chi connectivity index (χ2v) is 8.07. The van der Waals surface area contributed by atoms with Crippen LogP contribution in [-0.4, -0.2) is 61.7 Å². The molecule has 2 rings (SSSR count). The zero-order valence-corrected chi connectivity index (χ0v) is 15.3. The van der Waals surface area contributed by atoms with Crippen LogP contribution in [0.5, 0.6) is 0 Å². The molecule has 1 aromatic rings. The molecule has 1 aromatic carbocycles. The summed E-state index contributed by atoms with van der Waals surface area (Å²) in [6.07, 6.45) is 2.15. The van der Waals surface area contributed by atoms with Gasteiger partial charge in [-0.05, 0) is 37.6 Å². The second kappa shape index (κ2) is 8.00. The Hall–Kier alpha value is -2.20. The molecule has 0 aromatic heterocycles. The molecule has 0 spiro atoms. The monoisotopic (exact) mass is 387 g/mol. The maximum Gasteiger partial charge on any atom is 0.317 e. The molecule has 0 radical (unpaired) electrons. The number of benzene rings is 1. The van der Waals surface area contributed by atoms with E-state index < -0.39 is 27.7 Å². The molecule has 1 saturated carbocycles. The largest absolute Gasteiger partial charge is 0.480 e. The molecule has 8 nitrogen and oxygen atoms in total. The third-order valence-electron chi connectivity index (χ3n) is 4.23. The lowest BCUT2D eigenvalue weighted by molar-refractivity contribution is -0.139. The van der Waals surface area contributed by atoms with Gasteiger partial charge in [0.15, 0.2) is 0 Å². The van der Waals surface area contributed by atoms with Crippen LogP contribution < -0.4 is 10.0 Å². The molecule has 0 atom stereocenters. The summed E-state index contributed by atoms with van der Waals surface area (Å²) < 4.78 is 38.2. The summed E-state index contributed by atoms with van der Waals surface area (Å²) in [6.45, 7) is 2.44. The van der Waals surface area contributed by atoms with E-state index in [0.29, 0.717) is 19.4 Å². The Morgan fingerprint density at radius 2 is 2.00 bits per heavy atom. The Balaban J connectivity index is 1.95. The van der Waals surface area contributed by atoms with Gasteiger partial charge >= 0.3 is 5.97 Å². The Kier molecular flexibility index (Phi) is 6.19. The first-order valence-electron chi connectivity index (χ1n) is 8.13. The number of rotatable bonds is 8. The number of likely N-dealkylation sites (N-methyl/N-ethyl adjacent to an activating group) is 1. The van der Waals surface area contributed by atoms with Gasteiger partial charge in [0.05, 0.1) is 18.5 Å². The number of carboxylic acid groups (broad SMARTS) is 1. The number of halogens is 1. The summed E-state index contributed by atoms with van der Waals surface area (Å²) in [5, 5.41) is 11.7. The van der Waals surface area contributed by atoms with Crippen LogP contribution >= 0.6 is 0 Å². The zero-order chi connectivity index (χ0) is 19.5. The number of nitrogens with zero attached hydrogens (tertiary/aromatic N) is 1. The molecule has 0 heterocycles. The standard InChI is InChI=1S/C16H22FN3O5S/c1-3-20(9-15(21)22)12-7-11(8-12)18-16(23)10-4-5-13(17)14(6-10)19-26(2,24)25/h4-6,11-12,19H,3,7-9H2,1-2H3,(H,18,23)(H,21,22). The fourth-order valence-corrected chi connectivity index (χ4v) is 3.45. The van der Waals surface area contributed by atoms with Crippen molar-refractivity contribution in [1.29, 1.82) is 0 Å². The number of aliphatic carboxylic acids is 1. The third kappa shape index (κ3) is 5.40. The van der Waals surface area contributed by atoms with E-state index >= 15 is 0 Å². The quantitative estimate of drug-likeness (QED) is 0.609. The predicted octanol–water partition coefficient (Wildman–Crippen LogP) is 0.865. The molecule has 0 unspecified atom stereocenters. The van der Waals surface area contributed by atoms with Crippen molar-refractivity contribution < 1.29 is 27.5 Å². The summed E-state index contributed by atoms with van der Waals surface area (Å²) in [6, 6.07) is 3.43. The number of carboxylic acids is 1. The van der Waals surface area contributed by atoms with Crippen LogP contribution in [0, 0.1) is 5.82 Å². The molecule has 1 aliphatic carbocycles. The van der Waals surface area contributed by atoms with E-state index in [0.717, 1.165) is 18.4 Å². The minimum Gasteiger partial charge on any atom is -0.480 e. The Bertz CT molecular complexity index is 793. The fourth-order valence-electron chi connectivity index (χ4n) is 2.89. The van der Waals surface area contributed by atoms with Crippen LogP contribution in [0.15, 0.2) is 18.2 Å². The highest BCUT2D eigenvalue weighted by Crippen LogP contribution is 2.26. The van der Waals surface area contributed by atoms with E-state index in [2.05, 4.69) is 5.32 Å². The first-order chi connectivity index (χ1) is 12.1. The number of anilines is 1. The first kappa shape index (κ1) is 20.1. The number of carbonyl (C=O) groups is 2. The molecule has 0 saturated heterocycles. The van der Waals surface area contributed by atoms with Gasteiger partial charge in [0.2, 0.25) is 10.0 Å². The van der Waals surface area contributed by atoms with E-state index in [1.807, 2.05) is 16.5 Å². The minimum atomic E-state index is -3.66. The Morgan fingerprint density at radius 1 is 1.35 bits per heavy atom. The highest BCUT2D eigenvalue weighted by Gasteiger charge is 2.34. The van der Waals surface area contributed by atoms with Gasteiger partial charge in [0.1, 0.15) is 5.82 Å².